The first-order valence-corrected chi connectivity index (χ1v) is 6.44. The van der Waals surface area contributed by atoms with Gasteiger partial charge in [-0.25, -0.2) is 13.2 Å². The van der Waals surface area contributed by atoms with Gasteiger partial charge in [0, 0.05) is 17.6 Å². The third-order valence-corrected chi connectivity index (χ3v) is 3.27. The van der Waals surface area contributed by atoms with E-state index in [2.05, 4.69) is 5.32 Å². The molecule has 1 unspecified atom stereocenters. The minimum atomic E-state index is -0.478. The van der Waals surface area contributed by atoms with Crippen molar-refractivity contribution in [3.05, 3.63) is 71.0 Å². The van der Waals surface area contributed by atoms with Crippen molar-refractivity contribution in [2.24, 2.45) is 0 Å². The normalized spacial score (nSPS) is 14.1. The van der Waals surface area contributed by atoms with E-state index in [1.165, 1.54) is 18.2 Å². The molecular weight excluding hydrogens is 263 g/mol. The van der Waals surface area contributed by atoms with Crippen LogP contribution in [-0.4, -0.2) is 0 Å². The van der Waals surface area contributed by atoms with Gasteiger partial charge in [0.05, 0.1) is 0 Å². The van der Waals surface area contributed by atoms with E-state index in [4.69, 9.17) is 0 Å². The van der Waals surface area contributed by atoms with E-state index in [1.54, 1.807) is 19.1 Å². The highest BCUT2D eigenvalue weighted by molar-refractivity contribution is 5.24. The van der Waals surface area contributed by atoms with Crippen molar-refractivity contribution in [2.75, 3.05) is 0 Å². The maximum Gasteiger partial charge on any atom is 0.128 e. The molecule has 2 aromatic carbocycles. The summed E-state index contributed by atoms with van der Waals surface area (Å²) in [7, 11) is 0. The second kappa shape index (κ2) is 6.09. The summed E-state index contributed by atoms with van der Waals surface area (Å²) in [6, 6.07) is 9.00. The molecule has 106 valence electrons. The maximum atomic E-state index is 13.7. The number of rotatable bonds is 4. The standard InChI is InChI=1S/C16H16F3N/c1-10(12-4-3-5-13(17)8-12)20-11(2)15-9-14(18)6-7-16(15)19/h3-11,20H,1-2H3/t10-,11?/m1/s1. The molecule has 0 aliphatic carbocycles. The van der Waals surface area contributed by atoms with Crippen LogP contribution in [0.15, 0.2) is 42.5 Å². The lowest BCUT2D eigenvalue weighted by Crippen LogP contribution is -2.23. The molecule has 0 fully saturated rings. The van der Waals surface area contributed by atoms with Crippen molar-refractivity contribution >= 4 is 0 Å². The molecule has 0 bridgehead atoms. The fourth-order valence-corrected chi connectivity index (χ4v) is 2.18. The average molecular weight is 279 g/mol. The summed E-state index contributed by atoms with van der Waals surface area (Å²) in [5.41, 5.74) is 1.02. The Labute approximate surface area is 116 Å². The van der Waals surface area contributed by atoms with Gasteiger partial charge in [0.15, 0.2) is 0 Å². The second-order valence-corrected chi connectivity index (χ2v) is 4.83. The molecule has 2 aromatic rings. The van der Waals surface area contributed by atoms with Crippen LogP contribution < -0.4 is 5.32 Å². The molecular formula is C16H16F3N. The number of hydrogen-bond donors (Lipinski definition) is 1. The summed E-state index contributed by atoms with van der Waals surface area (Å²) in [6.45, 7) is 3.59. The number of halogens is 3. The van der Waals surface area contributed by atoms with Gasteiger partial charge in [-0.1, -0.05) is 12.1 Å². The van der Waals surface area contributed by atoms with Gasteiger partial charge >= 0.3 is 0 Å². The predicted octanol–water partition coefficient (Wildman–Crippen LogP) is 4.52. The fraction of sp³-hybridized carbons (Fsp3) is 0.250. The second-order valence-electron chi connectivity index (χ2n) is 4.83. The number of benzene rings is 2. The van der Waals surface area contributed by atoms with Gasteiger partial charge < -0.3 is 5.32 Å². The molecule has 2 atom stereocenters. The zero-order valence-electron chi connectivity index (χ0n) is 11.3. The van der Waals surface area contributed by atoms with Crippen molar-refractivity contribution in [2.45, 2.75) is 25.9 Å². The lowest BCUT2D eigenvalue weighted by molar-refractivity contribution is 0.468. The van der Waals surface area contributed by atoms with Crippen LogP contribution in [0.5, 0.6) is 0 Å². The third kappa shape index (κ3) is 3.39. The third-order valence-electron chi connectivity index (χ3n) is 3.27. The van der Waals surface area contributed by atoms with Crippen LogP contribution in [0.3, 0.4) is 0 Å². The summed E-state index contributed by atoms with van der Waals surface area (Å²) in [5, 5.41) is 3.13. The van der Waals surface area contributed by atoms with E-state index in [0.29, 0.717) is 0 Å². The van der Waals surface area contributed by atoms with Gasteiger partial charge in [-0.2, -0.15) is 0 Å². The maximum absolute atomic E-state index is 13.7. The predicted molar refractivity (Wildman–Crippen MR) is 72.7 cm³/mol. The van der Waals surface area contributed by atoms with Crippen molar-refractivity contribution in [1.82, 2.24) is 5.32 Å². The SMILES string of the molecule is CC(N[C@H](C)c1cccc(F)c1)c1cc(F)ccc1F. The van der Waals surface area contributed by atoms with Crippen LogP contribution in [0.1, 0.15) is 37.1 Å². The molecule has 0 saturated carbocycles. The Hall–Kier alpha value is -1.81. The van der Waals surface area contributed by atoms with E-state index in [-0.39, 0.29) is 23.5 Å². The van der Waals surface area contributed by atoms with Crippen molar-refractivity contribution in [1.29, 1.82) is 0 Å². The summed E-state index contributed by atoms with van der Waals surface area (Å²) in [4.78, 5) is 0. The molecule has 1 N–H and O–H groups in total. The first-order valence-electron chi connectivity index (χ1n) is 6.44. The van der Waals surface area contributed by atoms with Crippen molar-refractivity contribution < 1.29 is 13.2 Å². The highest BCUT2D eigenvalue weighted by atomic mass is 19.1. The minimum Gasteiger partial charge on any atom is -0.304 e. The van der Waals surface area contributed by atoms with Crippen LogP contribution in [0.2, 0.25) is 0 Å². The zero-order chi connectivity index (χ0) is 14.7. The highest BCUT2D eigenvalue weighted by Gasteiger charge is 2.15. The smallest absolute Gasteiger partial charge is 0.128 e. The van der Waals surface area contributed by atoms with Crippen molar-refractivity contribution in [3.63, 3.8) is 0 Å². The average Bonchev–Trinajstić information content (AvgIpc) is 2.41. The van der Waals surface area contributed by atoms with E-state index >= 15 is 0 Å². The minimum absolute atomic E-state index is 0.177. The van der Waals surface area contributed by atoms with E-state index in [1.807, 2.05) is 6.92 Å². The monoisotopic (exact) mass is 279 g/mol. The van der Waals surface area contributed by atoms with Gasteiger partial charge in [-0.3, -0.25) is 0 Å². The Morgan fingerprint density at radius 3 is 2.25 bits per heavy atom. The largest absolute Gasteiger partial charge is 0.304 e. The van der Waals surface area contributed by atoms with Crippen LogP contribution in [0.25, 0.3) is 0 Å². The van der Waals surface area contributed by atoms with Gasteiger partial charge in [-0.05, 0) is 49.7 Å². The Bertz CT molecular complexity index is 598. The molecule has 0 radical (unpaired) electrons. The van der Waals surface area contributed by atoms with Crippen LogP contribution >= 0.6 is 0 Å². The van der Waals surface area contributed by atoms with E-state index in [9.17, 15) is 13.2 Å². The summed E-state index contributed by atoms with van der Waals surface area (Å²) in [6.07, 6.45) is 0. The topological polar surface area (TPSA) is 12.0 Å². The first-order chi connectivity index (χ1) is 9.47. The molecule has 0 aromatic heterocycles. The molecule has 0 spiro atoms. The molecule has 1 nitrogen and oxygen atoms in total. The van der Waals surface area contributed by atoms with Crippen molar-refractivity contribution in [3.8, 4) is 0 Å². The van der Waals surface area contributed by atoms with E-state index < -0.39 is 11.6 Å². The summed E-state index contributed by atoms with van der Waals surface area (Å²) in [5.74, 6) is -1.26. The lowest BCUT2D eigenvalue weighted by atomic mass is 10.0. The molecule has 0 aliphatic rings. The molecule has 0 heterocycles. The van der Waals surface area contributed by atoms with Crippen LogP contribution in [0.4, 0.5) is 13.2 Å². The van der Waals surface area contributed by atoms with Gasteiger partial charge in [0.2, 0.25) is 0 Å². The fourth-order valence-electron chi connectivity index (χ4n) is 2.18. The molecule has 0 amide bonds. The quantitative estimate of drug-likeness (QED) is 0.868. The van der Waals surface area contributed by atoms with Gasteiger partial charge in [-0.15, -0.1) is 0 Å². The first kappa shape index (κ1) is 14.6. The number of hydrogen-bond acceptors (Lipinski definition) is 1. The van der Waals surface area contributed by atoms with Crippen LogP contribution in [0, 0.1) is 17.5 Å². The van der Waals surface area contributed by atoms with Gasteiger partial charge in [0.25, 0.3) is 0 Å². The summed E-state index contributed by atoms with van der Waals surface area (Å²) < 4.78 is 40.0. The molecule has 0 aliphatic heterocycles. The van der Waals surface area contributed by atoms with Crippen LogP contribution in [-0.2, 0) is 0 Å². The zero-order valence-corrected chi connectivity index (χ0v) is 11.3. The molecule has 2 rings (SSSR count). The summed E-state index contributed by atoms with van der Waals surface area (Å²) >= 11 is 0. The molecule has 4 heteroatoms. The Balaban J connectivity index is 2.15. The Morgan fingerprint density at radius 1 is 0.850 bits per heavy atom. The highest BCUT2D eigenvalue weighted by Crippen LogP contribution is 2.22. The van der Waals surface area contributed by atoms with Gasteiger partial charge in [0.1, 0.15) is 17.5 Å². The molecule has 0 saturated heterocycles. The Kier molecular flexibility index (Phi) is 4.45. The Morgan fingerprint density at radius 2 is 1.55 bits per heavy atom. The lowest BCUT2D eigenvalue weighted by Gasteiger charge is -2.21. The molecule has 20 heavy (non-hydrogen) atoms. The number of nitrogens with one attached hydrogen (secondary N) is 1. The van der Waals surface area contributed by atoms with E-state index in [0.717, 1.165) is 17.7 Å².